The second kappa shape index (κ2) is 12.8. The summed E-state index contributed by atoms with van der Waals surface area (Å²) in [5.41, 5.74) is 9.77. The number of ether oxygens (including phenoxy) is 1. The van der Waals surface area contributed by atoms with Crippen molar-refractivity contribution in [2.45, 2.75) is 50.6 Å². The van der Waals surface area contributed by atoms with Gasteiger partial charge in [-0.2, -0.15) is 4.31 Å². The number of aromatic nitrogens is 4. The average Bonchev–Trinajstić information content (AvgIpc) is 3.54. The lowest BCUT2D eigenvalue weighted by molar-refractivity contribution is -0.119. The lowest BCUT2D eigenvalue weighted by Gasteiger charge is -2.33. The molecule has 2 aromatic heterocycles. The van der Waals surface area contributed by atoms with Crippen molar-refractivity contribution >= 4 is 21.6 Å². The van der Waals surface area contributed by atoms with Crippen LogP contribution >= 0.6 is 0 Å². The van der Waals surface area contributed by atoms with Crippen molar-refractivity contribution < 1.29 is 17.9 Å². The van der Waals surface area contributed by atoms with Crippen LogP contribution in [-0.2, 0) is 28.4 Å². The van der Waals surface area contributed by atoms with Gasteiger partial charge in [-0.25, -0.2) is 23.8 Å². The Balaban J connectivity index is 1.51. The van der Waals surface area contributed by atoms with Gasteiger partial charge in [-0.15, -0.1) is 0 Å². The van der Waals surface area contributed by atoms with Crippen molar-refractivity contribution in [1.29, 1.82) is 0 Å². The van der Waals surface area contributed by atoms with Crippen LogP contribution in [0.1, 0.15) is 50.7 Å². The first-order chi connectivity index (χ1) is 20.6. The molecule has 14 nitrogen and oxygen atoms in total. The molecule has 3 aromatic rings. The van der Waals surface area contributed by atoms with Crippen LogP contribution in [0.15, 0.2) is 40.3 Å². The van der Waals surface area contributed by atoms with E-state index in [2.05, 4.69) is 22.3 Å². The lowest BCUT2D eigenvalue weighted by Crippen LogP contribution is -2.50. The number of anilines is 1. The standard InChI is InChI=1S/C28H39N9O5S/c1-4-6-21-25-26(37(33-21)18-24-30-9-10-34(24)3)28(39)32-27(31-25)20-16-19(7-8-22(20)42-15-5-2)43(40,41)36-13-11-35(12-14-36)17-23(29)38/h7-10,16,21,33H,4-6,11-15,17-18H2,1-3H3,(H2,29,38)(H,31,32,39). The number of fused-ring (bicyclic) bond motifs is 1. The van der Waals surface area contributed by atoms with Crippen molar-refractivity contribution in [3.05, 3.63) is 52.5 Å². The topological polar surface area (TPSA) is 172 Å². The summed E-state index contributed by atoms with van der Waals surface area (Å²) in [5.74, 6) is 0.997. The van der Waals surface area contributed by atoms with Gasteiger partial charge < -0.3 is 20.0 Å². The first kappa shape index (κ1) is 30.7. The number of hydrazine groups is 1. The number of rotatable bonds is 12. The highest BCUT2D eigenvalue weighted by molar-refractivity contribution is 7.89. The Morgan fingerprint density at radius 1 is 1.16 bits per heavy atom. The quantitative estimate of drug-likeness (QED) is 0.269. The minimum absolute atomic E-state index is 0.0671. The lowest BCUT2D eigenvalue weighted by atomic mass is 10.1. The predicted octanol–water partition coefficient (Wildman–Crippen LogP) is 1.12. The smallest absolute Gasteiger partial charge is 0.276 e. The largest absolute Gasteiger partial charge is 0.493 e. The van der Waals surface area contributed by atoms with Crippen LogP contribution in [-0.4, -0.2) is 82.4 Å². The second-order valence-corrected chi connectivity index (χ2v) is 12.8. The number of primary amides is 1. The van der Waals surface area contributed by atoms with Crippen LogP contribution in [0.2, 0.25) is 0 Å². The van der Waals surface area contributed by atoms with E-state index in [0.717, 1.165) is 25.1 Å². The number of nitrogens with two attached hydrogens (primary N) is 1. The van der Waals surface area contributed by atoms with Crippen molar-refractivity contribution in [1.82, 2.24) is 34.1 Å². The molecule has 0 spiro atoms. The summed E-state index contributed by atoms with van der Waals surface area (Å²) in [6.07, 6.45) is 5.91. The molecule has 43 heavy (non-hydrogen) atoms. The number of nitrogens with one attached hydrogen (secondary N) is 2. The van der Waals surface area contributed by atoms with Crippen LogP contribution in [0.4, 0.5) is 5.69 Å². The number of amides is 1. The normalized spacial score (nSPS) is 17.7. The maximum absolute atomic E-state index is 13.7. The number of aromatic amines is 1. The molecule has 0 radical (unpaired) electrons. The summed E-state index contributed by atoms with van der Waals surface area (Å²) >= 11 is 0. The molecule has 232 valence electrons. The molecular weight excluding hydrogens is 574 g/mol. The molecule has 0 aliphatic carbocycles. The van der Waals surface area contributed by atoms with Crippen molar-refractivity contribution in [2.75, 3.05) is 44.3 Å². The van der Waals surface area contributed by atoms with Crippen molar-refractivity contribution in [3.63, 3.8) is 0 Å². The molecular formula is C28H39N9O5S. The summed E-state index contributed by atoms with van der Waals surface area (Å²) in [6, 6.07) is 4.44. The molecule has 0 bridgehead atoms. The van der Waals surface area contributed by atoms with Gasteiger partial charge in [-0.3, -0.25) is 19.5 Å². The number of hydrogen-bond donors (Lipinski definition) is 3. The number of nitrogens with zero attached hydrogens (tertiary/aromatic N) is 6. The molecule has 4 N–H and O–H groups in total. The van der Waals surface area contributed by atoms with Gasteiger partial charge in [0.05, 0.1) is 41.9 Å². The molecule has 2 aliphatic rings. The van der Waals surface area contributed by atoms with Gasteiger partial charge in [0.1, 0.15) is 23.1 Å². The fourth-order valence-electron chi connectivity index (χ4n) is 5.42. The number of carbonyl (C=O) groups excluding carboxylic acids is 1. The predicted molar refractivity (Wildman–Crippen MR) is 161 cm³/mol. The first-order valence-corrected chi connectivity index (χ1v) is 16.0. The fraction of sp³-hybridized carbons (Fsp3) is 0.500. The highest BCUT2D eigenvalue weighted by Crippen LogP contribution is 2.36. The number of H-pyrrole nitrogens is 1. The van der Waals surface area contributed by atoms with E-state index in [1.54, 1.807) is 17.3 Å². The summed E-state index contributed by atoms with van der Waals surface area (Å²) in [6.45, 7) is 6.15. The van der Waals surface area contributed by atoms with E-state index >= 15 is 0 Å². The average molecular weight is 614 g/mol. The molecule has 4 heterocycles. The van der Waals surface area contributed by atoms with E-state index in [9.17, 15) is 18.0 Å². The van der Waals surface area contributed by atoms with Gasteiger partial charge >= 0.3 is 0 Å². The molecule has 1 saturated heterocycles. The number of hydrogen-bond acceptors (Lipinski definition) is 10. The van der Waals surface area contributed by atoms with E-state index in [1.807, 2.05) is 29.6 Å². The van der Waals surface area contributed by atoms with Crippen LogP contribution in [0.3, 0.4) is 0 Å². The SMILES string of the molecule is CCCOc1ccc(S(=O)(=O)N2CCN(CC(N)=O)CC2)cc1-c1nc2c(c(=O)[nH]1)N(Cc1nccn1C)NC2CCC. The highest BCUT2D eigenvalue weighted by Gasteiger charge is 2.34. The number of benzene rings is 1. The van der Waals surface area contributed by atoms with Crippen LogP contribution in [0.25, 0.3) is 11.4 Å². The molecule has 1 atom stereocenters. The zero-order valence-electron chi connectivity index (χ0n) is 24.7. The van der Waals surface area contributed by atoms with E-state index < -0.39 is 15.9 Å². The first-order valence-electron chi connectivity index (χ1n) is 14.5. The summed E-state index contributed by atoms with van der Waals surface area (Å²) in [4.78, 5) is 39.0. The number of piperazine rings is 1. The third-order valence-electron chi connectivity index (χ3n) is 7.65. The maximum Gasteiger partial charge on any atom is 0.276 e. The summed E-state index contributed by atoms with van der Waals surface area (Å²) in [7, 11) is -1.98. The Bertz CT molecular complexity index is 1630. The number of sulfonamides is 1. The summed E-state index contributed by atoms with van der Waals surface area (Å²) in [5, 5.41) is 1.78. The van der Waals surface area contributed by atoms with Gasteiger partial charge in [0, 0.05) is 45.6 Å². The van der Waals surface area contributed by atoms with Crippen LogP contribution < -0.4 is 26.5 Å². The Morgan fingerprint density at radius 2 is 1.93 bits per heavy atom. The molecule has 2 aliphatic heterocycles. The third-order valence-corrected chi connectivity index (χ3v) is 9.54. The van der Waals surface area contributed by atoms with Gasteiger partial charge in [0.25, 0.3) is 5.56 Å². The van der Waals surface area contributed by atoms with Gasteiger partial charge in [0.15, 0.2) is 0 Å². The van der Waals surface area contributed by atoms with Crippen molar-refractivity contribution in [2.24, 2.45) is 12.8 Å². The minimum Gasteiger partial charge on any atom is -0.493 e. The van der Waals surface area contributed by atoms with Gasteiger partial charge in [0.2, 0.25) is 15.9 Å². The highest BCUT2D eigenvalue weighted by atomic mass is 32.2. The monoisotopic (exact) mass is 613 g/mol. The number of aryl methyl sites for hydroxylation is 1. The third kappa shape index (κ3) is 6.44. The molecule has 1 aromatic carbocycles. The van der Waals surface area contributed by atoms with E-state index in [4.69, 9.17) is 15.5 Å². The number of imidazole rings is 1. The minimum atomic E-state index is -3.88. The Labute approximate surface area is 250 Å². The molecule has 5 rings (SSSR count). The fourth-order valence-corrected chi connectivity index (χ4v) is 6.87. The molecule has 1 amide bonds. The van der Waals surface area contributed by atoms with Crippen molar-refractivity contribution in [3.8, 4) is 17.1 Å². The second-order valence-electron chi connectivity index (χ2n) is 10.8. The van der Waals surface area contributed by atoms with Gasteiger partial charge in [-0.05, 0) is 31.0 Å². The van der Waals surface area contributed by atoms with Crippen LogP contribution in [0.5, 0.6) is 5.75 Å². The molecule has 1 unspecified atom stereocenters. The number of carbonyl (C=O) groups is 1. The molecule has 15 heteroatoms. The Morgan fingerprint density at radius 3 is 2.58 bits per heavy atom. The molecule has 1 fully saturated rings. The van der Waals surface area contributed by atoms with E-state index in [1.165, 1.54) is 16.4 Å². The van der Waals surface area contributed by atoms with Crippen LogP contribution in [0, 0.1) is 0 Å². The Hall–Kier alpha value is -3.79. The molecule has 0 saturated carbocycles. The Kier molecular flexibility index (Phi) is 9.15. The van der Waals surface area contributed by atoms with Gasteiger partial charge in [-0.1, -0.05) is 20.3 Å². The maximum atomic E-state index is 13.7. The van der Waals surface area contributed by atoms with E-state index in [-0.39, 0.29) is 42.0 Å². The van der Waals surface area contributed by atoms with E-state index in [0.29, 0.717) is 48.9 Å². The zero-order valence-corrected chi connectivity index (χ0v) is 25.6. The summed E-state index contributed by atoms with van der Waals surface area (Å²) < 4.78 is 36.7. The zero-order chi connectivity index (χ0) is 30.7.